The number of hydrogen-bond donors (Lipinski definition) is 2. The van der Waals surface area contributed by atoms with E-state index in [2.05, 4.69) is 24.1 Å². The lowest BCUT2D eigenvalue weighted by molar-refractivity contribution is 0.414. The number of anilines is 1. The molecule has 1 aromatic rings. The van der Waals surface area contributed by atoms with Gasteiger partial charge in [-0.2, -0.15) is 0 Å². The molecule has 0 fully saturated rings. The predicted octanol–water partition coefficient (Wildman–Crippen LogP) is 1.49. The summed E-state index contributed by atoms with van der Waals surface area (Å²) in [4.78, 5) is 4.19. The van der Waals surface area contributed by atoms with Crippen molar-refractivity contribution in [1.82, 2.24) is 4.98 Å². The van der Waals surface area contributed by atoms with Gasteiger partial charge in [0.1, 0.15) is 0 Å². The summed E-state index contributed by atoms with van der Waals surface area (Å²) in [6.45, 7) is 4.90. The second-order valence-electron chi connectivity index (χ2n) is 3.84. The predicted molar refractivity (Wildman–Crippen MR) is 62.1 cm³/mol. The Bertz CT molecular complexity index is 302. The number of nitrogens with one attached hydrogen (secondary N) is 1. The van der Waals surface area contributed by atoms with Crippen molar-refractivity contribution < 1.29 is 4.74 Å². The van der Waals surface area contributed by atoms with Crippen LogP contribution in [0.5, 0.6) is 5.75 Å². The van der Waals surface area contributed by atoms with E-state index in [1.54, 1.807) is 13.3 Å². The van der Waals surface area contributed by atoms with Gasteiger partial charge in [-0.05, 0) is 18.1 Å². The topological polar surface area (TPSA) is 60.2 Å². The van der Waals surface area contributed by atoms with E-state index in [9.17, 15) is 0 Å². The van der Waals surface area contributed by atoms with Gasteiger partial charge in [-0.3, -0.25) is 0 Å². The van der Waals surface area contributed by atoms with E-state index in [0.29, 0.717) is 12.5 Å². The number of aromatic nitrogens is 1. The number of nitrogens with two attached hydrogens (primary N) is 1. The molecule has 0 radical (unpaired) electrons. The fourth-order valence-electron chi connectivity index (χ4n) is 1.14. The van der Waals surface area contributed by atoms with Gasteiger partial charge in [0.05, 0.1) is 7.11 Å². The van der Waals surface area contributed by atoms with Crippen molar-refractivity contribution in [2.45, 2.75) is 19.9 Å². The third-order valence-electron chi connectivity index (χ3n) is 2.35. The van der Waals surface area contributed by atoms with Crippen LogP contribution in [-0.2, 0) is 0 Å². The van der Waals surface area contributed by atoms with Crippen molar-refractivity contribution in [3.05, 3.63) is 18.3 Å². The molecular formula is C11H19N3O. The first-order chi connectivity index (χ1) is 7.15. The molecular weight excluding hydrogens is 190 g/mol. The first kappa shape index (κ1) is 11.8. The van der Waals surface area contributed by atoms with Crippen molar-refractivity contribution in [3.63, 3.8) is 0 Å². The molecule has 0 aliphatic carbocycles. The molecule has 15 heavy (non-hydrogen) atoms. The highest BCUT2D eigenvalue weighted by Crippen LogP contribution is 2.19. The van der Waals surface area contributed by atoms with Gasteiger partial charge in [-0.15, -0.1) is 0 Å². The van der Waals surface area contributed by atoms with Crippen LogP contribution in [-0.4, -0.2) is 24.7 Å². The standard InChI is InChI=1S/C11H19N3O/c1-8(2)9(12)7-14-11-10(15-3)5-4-6-13-11/h4-6,8-9H,7,12H2,1-3H3,(H,13,14). The van der Waals surface area contributed by atoms with E-state index in [-0.39, 0.29) is 6.04 Å². The van der Waals surface area contributed by atoms with Crippen LogP contribution in [0, 0.1) is 5.92 Å². The first-order valence-corrected chi connectivity index (χ1v) is 5.13. The highest BCUT2D eigenvalue weighted by Gasteiger charge is 2.09. The maximum Gasteiger partial charge on any atom is 0.168 e. The summed E-state index contributed by atoms with van der Waals surface area (Å²) in [6.07, 6.45) is 1.73. The van der Waals surface area contributed by atoms with Crippen LogP contribution in [0.25, 0.3) is 0 Å². The molecule has 1 aromatic heterocycles. The summed E-state index contributed by atoms with van der Waals surface area (Å²) >= 11 is 0. The van der Waals surface area contributed by atoms with Crippen LogP contribution >= 0.6 is 0 Å². The third-order valence-corrected chi connectivity index (χ3v) is 2.35. The minimum absolute atomic E-state index is 0.122. The summed E-state index contributed by atoms with van der Waals surface area (Å²) in [7, 11) is 1.63. The third kappa shape index (κ3) is 3.40. The lowest BCUT2D eigenvalue weighted by Gasteiger charge is -2.17. The van der Waals surface area contributed by atoms with Crippen LogP contribution in [0.1, 0.15) is 13.8 Å². The van der Waals surface area contributed by atoms with E-state index in [1.807, 2.05) is 12.1 Å². The Morgan fingerprint density at radius 1 is 1.53 bits per heavy atom. The molecule has 4 heteroatoms. The number of nitrogens with zero attached hydrogens (tertiary/aromatic N) is 1. The summed E-state index contributed by atoms with van der Waals surface area (Å²) in [6, 6.07) is 3.83. The molecule has 0 spiro atoms. The molecule has 0 amide bonds. The van der Waals surface area contributed by atoms with Crippen molar-refractivity contribution in [1.29, 1.82) is 0 Å². The summed E-state index contributed by atoms with van der Waals surface area (Å²) in [5.74, 6) is 1.94. The highest BCUT2D eigenvalue weighted by atomic mass is 16.5. The Hall–Kier alpha value is -1.29. The second kappa shape index (κ2) is 5.56. The van der Waals surface area contributed by atoms with Gasteiger partial charge in [0.25, 0.3) is 0 Å². The van der Waals surface area contributed by atoms with Gasteiger partial charge in [-0.25, -0.2) is 4.98 Å². The van der Waals surface area contributed by atoms with Crippen molar-refractivity contribution in [2.75, 3.05) is 19.0 Å². The van der Waals surface area contributed by atoms with Crippen LogP contribution in [0.15, 0.2) is 18.3 Å². The van der Waals surface area contributed by atoms with Gasteiger partial charge in [-0.1, -0.05) is 13.8 Å². The van der Waals surface area contributed by atoms with E-state index in [1.165, 1.54) is 0 Å². The SMILES string of the molecule is COc1cccnc1NCC(N)C(C)C. The number of hydrogen-bond acceptors (Lipinski definition) is 4. The van der Waals surface area contributed by atoms with Crippen LogP contribution in [0.3, 0.4) is 0 Å². The molecule has 0 saturated heterocycles. The molecule has 3 N–H and O–H groups in total. The smallest absolute Gasteiger partial charge is 0.168 e. The molecule has 1 atom stereocenters. The fraction of sp³-hybridized carbons (Fsp3) is 0.545. The maximum atomic E-state index is 5.92. The van der Waals surface area contributed by atoms with Crippen molar-refractivity contribution in [2.24, 2.45) is 11.7 Å². The molecule has 1 heterocycles. The molecule has 0 aliphatic rings. The Morgan fingerprint density at radius 2 is 2.27 bits per heavy atom. The van der Waals surface area contributed by atoms with E-state index in [4.69, 9.17) is 10.5 Å². The average molecular weight is 209 g/mol. The quantitative estimate of drug-likeness (QED) is 0.771. The van der Waals surface area contributed by atoms with Gasteiger partial charge >= 0.3 is 0 Å². The van der Waals surface area contributed by atoms with Gasteiger partial charge < -0.3 is 15.8 Å². The zero-order valence-corrected chi connectivity index (χ0v) is 9.53. The number of pyridine rings is 1. The number of ether oxygens (including phenoxy) is 1. The summed E-state index contributed by atoms with van der Waals surface area (Å²) in [5.41, 5.74) is 5.92. The molecule has 0 saturated carbocycles. The van der Waals surface area contributed by atoms with E-state index >= 15 is 0 Å². The van der Waals surface area contributed by atoms with Crippen LogP contribution in [0.2, 0.25) is 0 Å². The second-order valence-corrected chi connectivity index (χ2v) is 3.84. The largest absolute Gasteiger partial charge is 0.493 e. The Labute approximate surface area is 90.8 Å². The van der Waals surface area contributed by atoms with Gasteiger partial charge in [0.2, 0.25) is 0 Å². The molecule has 0 aromatic carbocycles. The summed E-state index contributed by atoms with van der Waals surface area (Å²) in [5, 5.41) is 3.18. The Morgan fingerprint density at radius 3 is 2.87 bits per heavy atom. The van der Waals surface area contributed by atoms with Crippen molar-refractivity contribution >= 4 is 5.82 Å². The minimum atomic E-state index is 0.122. The number of methoxy groups -OCH3 is 1. The van der Waals surface area contributed by atoms with E-state index in [0.717, 1.165) is 11.6 Å². The first-order valence-electron chi connectivity index (χ1n) is 5.13. The molecule has 4 nitrogen and oxygen atoms in total. The van der Waals surface area contributed by atoms with Crippen LogP contribution in [0.4, 0.5) is 5.82 Å². The molecule has 1 rings (SSSR count). The zero-order chi connectivity index (χ0) is 11.3. The monoisotopic (exact) mass is 209 g/mol. The molecule has 0 aliphatic heterocycles. The molecule has 84 valence electrons. The minimum Gasteiger partial charge on any atom is -0.493 e. The number of rotatable bonds is 5. The Balaban J connectivity index is 2.57. The van der Waals surface area contributed by atoms with Crippen LogP contribution < -0.4 is 15.8 Å². The van der Waals surface area contributed by atoms with Crippen molar-refractivity contribution in [3.8, 4) is 5.75 Å². The summed E-state index contributed by atoms with van der Waals surface area (Å²) < 4.78 is 5.17. The molecule has 1 unspecified atom stereocenters. The van der Waals surface area contributed by atoms with Gasteiger partial charge in [0.15, 0.2) is 11.6 Å². The zero-order valence-electron chi connectivity index (χ0n) is 9.53. The Kier molecular flexibility index (Phi) is 4.37. The van der Waals surface area contributed by atoms with Gasteiger partial charge in [0, 0.05) is 18.8 Å². The van der Waals surface area contributed by atoms with E-state index < -0.39 is 0 Å². The molecule has 0 bridgehead atoms. The highest BCUT2D eigenvalue weighted by molar-refractivity contribution is 5.49. The fourth-order valence-corrected chi connectivity index (χ4v) is 1.14. The lowest BCUT2D eigenvalue weighted by Crippen LogP contribution is -2.34. The lowest BCUT2D eigenvalue weighted by atomic mass is 10.1. The maximum absolute atomic E-state index is 5.92. The normalized spacial score (nSPS) is 12.6. The average Bonchev–Trinajstić information content (AvgIpc) is 2.26.